The second kappa shape index (κ2) is 8.95. The van der Waals surface area contributed by atoms with E-state index in [4.69, 9.17) is 11.2 Å². The second-order valence-electron chi connectivity index (χ2n) is 6.34. The predicted octanol–water partition coefficient (Wildman–Crippen LogP) is 0.856. The van der Waals surface area contributed by atoms with Gasteiger partial charge in [-0.25, -0.2) is 0 Å². The minimum absolute atomic E-state index is 0.0138. The van der Waals surface area contributed by atoms with Crippen molar-refractivity contribution >= 4 is 17.6 Å². The minimum Gasteiger partial charge on any atom is -0.481 e. The maximum absolute atomic E-state index is 12.6. The number of ether oxygens (including phenoxy) is 1. The van der Waals surface area contributed by atoms with E-state index >= 15 is 0 Å². The van der Waals surface area contributed by atoms with Crippen molar-refractivity contribution in [1.82, 2.24) is 20.0 Å². The predicted molar refractivity (Wildman–Crippen MR) is 108 cm³/mol. The summed E-state index contributed by atoms with van der Waals surface area (Å²) in [6, 6.07) is 7.70. The van der Waals surface area contributed by atoms with Crippen molar-refractivity contribution in [3.05, 3.63) is 42.2 Å². The number of aryl methyl sites for hydroxylation is 1. The number of carbonyl (C=O) groups excluding carboxylic acids is 1. The van der Waals surface area contributed by atoms with E-state index in [-0.39, 0.29) is 19.1 Å². The number of benzene rings is 1. The molecule has 1 aliphatic rings. The Morgan fingerprint density at radius 3 is 2.89 bits per heavy atom. The number of para-hydroxylation sites is 1. The van der Waals surface area contributed by atoms with Crippen LogP contribution in [-0.4, -0.2) is 59.8 Å². The van der Waals surface area contributed by atoms with Gasteiger partial charge in [0.15, 0.2) is 5.96 Å². The van der Waals surface area contributed by atoms with Crippen molar-refractivity contribution in [3.8, 4) is 18.1 Å². The van der Waals surface area contributed by atoms with Gasteiger partial charge in [-0.1, -0.05) is 24.1 Å². The van der Waals surface area contributed by atoms with Crippen molar-refractivity contribution in [3.63, 3.8) is 0 Å². The molecule has 2 heterocycles. The van der Waals surface area contributed by atoms with Crippen molar-refractivity contribution in [2.24, 2.45) is 12.0 Å². The average Bonchev–Trinajstić information content (AvgIpc) is 3.13. The molecule has 0 aliphatic carbocycles. The zero-order valence-electron chi connectivity index (χ0n) is 16.1. The zero-order valence-corrected chi connectivity index (χ0v) is 16.1. The summed E-state index contributed by atoms with van der Waals surface area (Å²) in [5.41, 5.74) is 1.79. The van der Waals surface area contributed by atoms with Gasteiger partial charge in [0.2, 0.25) is 5.91 Å². The van der Waals surface area contributed by atoms with E-state index in [0.717, 1.165) is 17.0 Å². The maximum atomic E-state index is 12.6. The number of nitrogens with zero attached hydrogens (tertiary/aromatic N) is 5. The quantitative estimate of drug-likeness (QED) is 0.473. The van der Waals surface area contributed by atoms with Crippen LogP contribution in [0.5, 0.6) is 5.75 Å². The van der Waals surface area contributed by atoms with Gasteiger partial charge < -0.3 is 19.9 Å². The first-order valence-corrected chi connectivity index (χ1v) is 9.01. The van der Waals surface area contributed by atoms with E-state index in [2.05, 4.69) is 21.3 Å². The van der Waals surface area contributed by atoms with Crippen LogP contribution in [0, 0.1) is 12.3 Å². The van der Waals surface area contributed by atoms with Gasteiger partial charge in [0.1, 0.15) is 18.9 Å². The van der Waals surface area contributed by atoms with Crippen LogP contribution >= 0.6 is 0 Å². The number of carbonyl (C=O) groups is 1. The van der Waals surface area contributed by atoms with E-state index in [1.54, 1.807) is 22.8 Å². The Morgan fingerprint density at radius 1 is 1.39 bits per heavy atom. The molecule has 0 bridgehead atoms. The molecule has 1 aliphatic heterocycles. The molecule has 0 unspecified atom stereocenters. The summed E-state index contributed by atoms with van der Waals surface area (Å²) in [5, 5.41) is 7.45. The molecule has 146 valence electrons. The number of rotatable bonds is 5. The first-order valence-electron chi connectivity index (χ1n) is 9.01. The Kier molecular flexibility index (Phi) is 6.17. The van der Waals surface area contributed by atoms with Crippen LogP contribution in [0.15, 0.2) is 41.7 Å². The number of hydrogen-bond donors (Lipinski definition) is 1. The fourth-order valence-electron chi connectivity index (χ4n) is 3.09. The fraction of sp³-hybridized carbons (Fsp3) is 0.350. The number of aromatic nitrogens is 2. The van der Waals surface area contributed by atoms with E-state index in [1.807, 2.05) is 42.4 Å². The molecular formula is C20H24N6O2. The average molecular weight is 380 g/mol. The molecule has 8 nitrogen and oxygen atoms in total. The van der Waals surface area contributed by atoms with Crippen LogP contribution in [-0.2, 0) is 18.4 Å². The van der Waals surface area contributed by atoms with Crippen molar-refractivity contribution in [2.75, 3.05) is 38.2 Å². The van der Waals surface area contributed by atoms with Crippen molar-refractivity contribution in [2.45, 2.75) is 6.54 Å². The monoisotopic (exact) mass is 380 g/mol. The Labute approximate surface area is 164 Å². The zero-order chi connectivity index (χ0) is 19.9. The first kappa shape index (κ1) is 19.3. The summed E-state index contributed by atoms with van der Waals surface area (Å²) in [7, 11) is 3.54. The van der Waals surface area contributed by atoms with Gasteiger partial charge in [0.05, 0.1) is 11.9 Å². The lowest BCUT2D eigenvalue weighted by Crippen LogP contribution is -2.55. The molecule has 1 N–H and O–H groups in total. The standard InChI is InChI=1S/C20H24N6O2/c1-4-11-28-18-8-6-5-7-16(18)12-22-20(21-2)25-9-10-26(19(27)15-25)17-13-23-24(3)14-17/h1,5-8,13-14H,9-12,15H2,2-3H3,(H,21,22). The highest BCUT2D eigenvalue weighted by Crippen LogP contribution is 2.18. The molecular weight excluding hydrogens is 356 g/mol. The summed E-state index contributed by atoms with van der Waals surface area (Å²) in [5.74, 6) is 3.90. The van der Waals surface area contributed by atoms with Gasteiger partial charge in [-0.05, 0) is 6.07 Å². The number of guanidine groups is 1. The molecule has 1 saturated heterocycles. The van der Waals surface area contributed by atoms with Crippen LogP contribution in [0.25, 0.3) is 0 Å². The van der Waals surface area contributed by atoms with E-state index < -0.39 is 0 Å². The molecule has 1 amide bonds. The first-order chi connectivity index (χ1) is 13.6. The van der Waals surface area contributed by atoms with Gasteiger partial charge in [0.25, 0.3) is 0 Å². The molecule has 2 aromatic rings. The maximum Gasteiger partial charge on any atom is 0.246 e. The number of terminal acetylenes is 1. The molecule has 28 heavy (non-hydrogen) atoms. The molecule has 1 fully saturated rings. The number of aliphatic imine (C=N–C) groups is 1. The van der Waals surface area contributed by atoms with Gasteiger partial charge in [-0.15, -0.1) is 6.42 Å². The largest absolute Gasteiger partial charge is 0.481 e. The summed E-state index contributed by atoms with van der Waals surface area (Å²) in [6.07, 6.45) is 8.82. The minimum atomic E-state index is 0.0138. The molecule has 3 rings (SSSR count). The molecule has 1 aromatic heterocycles. The van der Waals surface area contributed by atoms with Crippen molar-refractivity contribution in [1.29, 1.82) is 0 Å². The van der Waals surface area contributed by atoms with Crippen LogP contribution < -0.4 is 15.0 Å². The molecule has 0 saturated carbocycles. The van der Waals surface area contributed by atoms with Gasteiger partial charge in [0, 0.05) is 45.5 Å². The van der Waals surface area contributed by atoms with Crippen LogP contribution in [0.3, 0.4) is 0 Å². The van der Waals surface area contributed by atoms with E-state index in [1.165, 1.54) is 0 Å². The van der Waals surface area contributed by atoms with Crippen molar-refractivity contribution < 1.29 is 9.53 Å². The van der Waals surface area contributed by atoms with Crippen LogP contribution in [0.4, 0.5) is 5.69 Å². The Bertz CT molecular complexity index is 898. The van der Waals surface area contributed by atoms with Crippen LogP contribution in [0.2, 0.25) is 0 Å². The lowest BCUT2D eigenvalue weighted by atomic mass is 10.2. The summed E-state index contributed by atoms with van der Waals surface area (Å²) in [4.78, 5) is 20.6. The lowest BCUT2D eigenvalue weighted by Gasteiger charge is -2.35. The normalized spacial score (nSPS) is 14.8. The molecule has 1 aromatic carbocycles. The third-order valence-corrected chi connectivity index (χ3v) is 4.46. The lowest BCUT2D eigenvalue weighted by molar-refractivity contribution is -0.120. The number of nitrogens with one attached hydrogen (secondary N) is 1. The fourth-order valence-corrected chi connectivity index (χ4v) is 3.09. The molecule has 0 spiro atoms. The smallest absolute Gasteiger partial charge is 0.246 e. The molecule has 0 atom stereocenters. The Hall–Kier alpha value is -3.47. The number of amides is 1. The third kappa shape index (κ3) is 4.43. The SMILES string of the molecule is C#CCOc1ccccc1CNC(=NC)N1CCN(c2cnn(C)c2)C(=O)C1. The number of piperazine rings is 1. The van der Waals surface area contributed by atoms with E-state index in [0.29, 0.717) is 25.6 Å². The van der Waals surface area contributed by atoms with Gasteiger partial charge in [-0.2, -0.15) is 5.10 Å². The third-order valence-electron chi connectivity index (χ3n) is 4.46. The van der Waals surface area contributed by atoms with E-state index in [9.17, 15) is 4.79 Å². The van der Waals surface area contributed by atoms with Gasteiger partial charge >= 0.3 is 0 Å². The summed E-state index contributed by atoms with van der Waals surface area (Å²) >= 11 is 0. The van der Waals surface area contributed by atoms with Crippen LogP contribution in [0.1, 0.15) is 5.56 Å². The summed E-state index contributed by atoms with van der Waals surface area (Å²) < 4.78 is 7.27. The summed E-state index contributed by atoms with van der Waals surface area (Å²) in [6.45, 7) is 2.24. The topological polar surface area (TPSA) is 75.0 Å². The van der Waals surface area contributed by atoms with Gasteiger partial charge in [-0.3, -0.25) is 14.5 Å². The Balaban J connectivity index is 1.61. The number of hydrogen-bond acceptors (Lipinski definition) is 4. The highest BCUT2D eigenvalue weighted by molar-refractivity contribution is 5.98. The Morgan fingerprint density at radius 2 is 2.21 bits per heavy atom. The molecule has 0 radical (unpaired) electrons. The highest BCUT2D eigenvalue weighted by Gasteiger charge is 2.27. The molecule has 8 heteroatoms. The second-order valence-corrected chi connectivity index (χ2v) is 6.34. The highest BCUT2D eigenvalue weighted by atomic mass is 16.5. The number of anilines is 1.